The Hall–Kier alpha value is -0.210. The van der Waals surface area contributed by atoms with Crippen molar-refractivity contribution in [1.82, 2.24) is 9.03 Å². The van der Waals surface area contributed by atoms with Crippen molar-refractivity contribution in [2.45, 2.75) is 6.92 Å². The van der Waals surface area contributed by atoms with E-state index in [2.05, 4.69) is 4.72 Å². The van der Waals surface area contributed by atoms with Gasteiger partial charge in [-0.1, -0.05) is 6.92 Å². The predicted molar refractivity (Wildman–Crippen MR) is 57.5 cm³/mol. The average molecular weight is 237 g/mol. The van der Waals surface area contributed by atoms with Gasteiger partial charge in [0.1, 0.15) is 0 Å². The minimum atomic E-state index is -3.34. The van der Waals surface area contributed by atoms with E-state index in [0.717, 1.165) is 0 Å². The lowest BCUT2D eigenvalue weighted by atomic mass is 10.2. The third-order valence-electron chi connectivity index (χ3n) is 2.33. The first-order chi connectivity index (χ1) is 7.06. The molecule has 1 rings (SSSR count). The third kappa shape index (κ3) is 4.04. The molecule has 15 heavy (non-hydrogen) atoms. The molecule has 0 aromatic heterocycles. The van der Waals surface area contributed by atoms with Gasteiger partial charge in [0.05, 0.1) is 13.2 Å². The second-order valence-electron chi connectivity index (χ2n) is 3.71. The van der Waals surface area contributed by atoms with E-state index in [1.165, 1.54) is 4.31 Å². The van der Waals surface area contributed by atoms with Crippen LogP contribution in [0.3, 0.4) is 0 Å². The van der Waals surface area contributed by atoms with E-state index in [1.54, 1.807) is 0 Å². The zero-order valence-electron chi connectivity index (χ0n) is 8.98. The summed E-state index contributed by atoms with van der Waals surface area (Å²) in [6.45, 7) is 4.54. The maximum absolute atomic E-state index is 11.7. The van der Waals surface area contributed by atoms with Crippen LogP contribution < -0.4 is 10.5 Å². The summed E-state index contributed by atoms with van der Waals surface area (Å²) in [5.41, 5.74) is 5.41. The Kier molecular flexibility index (Phi) is 4.94. The Bertz CT molecular complexity index is 275. The lowest BCUT2D eigenvalue weighted by molar-refractivity contribution is 0.0724. The number of hydrogen-bond donors (Lipinski definition) is 2. The summed E-state index contributed by atoms with van der Waals surface area (Å²) in [6, 6.07) is 0. The number of nitrogens with zero attached hydrogens (tertiary/aromatic N) is 1. The molecule has 1 unspecified atom stereocenters. The molecule has 0 saturated carbocycles. The zero-order chi connectivity index (χ0) is 11.3. The Morgan fingerprint density at radius 2 is 2.07 bits per heavy atom. The lowest BCUT2D eigenvalue weighted by Crippen LogP contribution is -2.47. The molecule has 1 aliphatic heterocycles. The molecule has 0 spiro atoms. The van der Waals surface area contributed by atoms with Crippen molar-refractivity contribution in [2.75, 3.05) is 39.4 Å². The quantitative estimate of drug-likeness (QED) is 0.625. The van der Waals surface area contributed by atoms with Gasteiger partial charge in [0.2, 0.25) is 0 Å². The van der Waals surface area contributed by atoms with Crippen LogP contribution in [-0.4, -0.2) is 52.1 Å². The predicted octanol–water partition coefficient (Wildman–Crippen LogP) is -1.25. The van der Waals surface area contributed by atoms with Gasteiger partial charge in [0.25, 0.3) is 10.2 Å². The Morgan fingerprint density at radius 3 is 2.60 bits per heavy atom. The largest absolute Gasteiger partial charge is 0.379 e. The molecule has 0 amide bonds. The Labute approximate surface area is 90.9 Å². The Morgan fingerprint density at radius 1 is 1.47 bits per heavy atom. The van der Waals surface area contributed by atoms with Gasteiger partial charge in [-0.25, -0.2) is 4.72 Å². The average Bonchev–Trinajstić information content (AvgIpc) is 2.27. The minimum Gasteiger partial charge on any atom is -0.379 e. The molecule has 1 saturated heterocycles. The van der Waals surface area contributed by atoms with E-state index in [4.69, 9.17) is 10.5 Å². The highest BCUT2D eigenvalue weighted by atomic mass is 32.2. The first-order valence-corrected chi connectivity index (χ1v) is 6.53. The van der Waals surface area contributed by atoms with Crippen molar-refractivity contribution in [3.63, 3.8) is 0 Å². The molecule has 1 fully saturated rings. The van der Waals surface area contributed by atoms with Crippen LogP contribution in [0.1, 0.15) is 6.92 Å². The lowest BCUT2D eigenvalue weighted by Gasteiger charge is -2.26. The standard InChI is InChI=1S/C8H19N3O3S/c1-8(6-9)7-10-15(12,13)11-2-4-14-5-3-11/h8,10H,2-7,9H2,1H3. The smallest absolute Gasteiger partial charge is 0.279 e. The van der Waals surface area contributed by atoms with Gasteiger partial charge in [-0.2, -0.15) is 12.7 Å². The highest BCUT2D eigenvalue weighted by Crippen LogP contribution is 2.03. The number of ether oxygens (including phenoxy) is 1. The molecular formula is C8H19N3O3S. The van der Waals surface area contributed by atoms with Crippen molar-refractivity contribution in [1.29, 1.82) is 0 Å². The van der Waals surface area contributed by atoms with Crippen molar-refractivity contribution < 1.29 is 13.2 Å². The van der Waals surface area contributed by atoms with Crippen LogP contribution in [0.15, 0.2) is 0 Å². The van der Waals surface area contributed by atoms with Gasteiger partial charge in [0, 0.05) is 19.6 Å². The fourth-order valence-corrected chi connectivity index (χ4v) is 2.52. The monoisotopic (exact) mass is 237 g/mol. The van der Waals surface area contributed by atoms with Gasteiger partial charge in [0.15, 0.2) is 0 Å². The molecule has 90 valence electrons. The first kappa shape index (κ1) is 12.9. The molecule has 0 aromatic rings. The summed E-state index contributed by atoms with van der Waals surface area (Å²) >= 11 is 0. The van der Waals surface area contributed by atoms with Crippen molar-refractivity contribution in [3.8, 4) is 0 Å². The molecule has 0 radical (unpaired) electrons. The van der Waals surface area contributed by atoms with Gasteiger partial charge >= 0.3 is 0 Å². The molecule has 1 heterocycles. The van der Waals surface area contributed by atoms with E-state index in [1.807, 2.05) is 6.92 Å². The van der Waals surface area contributed by atoms with Crippen molar-refractivity contribution in [3.05, 3.63) is 0 Å². The molecule has 3 N–H and O–H groups in total. The molecule has 7 heteroatoms. The molecule has 0 aliphatic carbocycles. The fourth-order valence-electron chi connectivity index (χ4n) is 1.21. The van der Waals surface area contributed by atoms with Crippen LogP contribution in [-0.2, 0) is 14.9 Å². The van der Waals surface area contributed by atoms with Crippen LogP contribution >= 0.6 is 0 Å². The highest BCUT2D eigenvalue weighted by Gasteiger charge is 2.23. The van der Waals surface area contributed by atoms with E-state index < -0.39 is 10.2 Å². The first-order valence-electron chi connectivity index (χ1n) is 5.09. The number of nitrogens with two attached hydrogens (primary N) is 1. The van der Waals surface area contributed by atoms with Crippen LogP contribution in [0.2, 0.25) is 0 Å². The summed E-state index contributed by atoms with van der Waals surface area (Å²) in [5.74, 6) is 0.154. The molecule has 1 atom stereocenters. The second-order valence-corrected chi connectivity index (χ2v) is 5.46. The van der Waals surface area contributed by atoms with Gasteiger partial charge in [-0.3, -0.25) is 0 Å². The summed E-state index contributed by atoms with van der Waals surface area (Å²) in [7, 11) is -3.34. The van der Waals surface area contributed by atoms with Crippen molar-refractivity contribution >= 4 is 10.2 Å². The topological polar surface area (TPSA) is 84.7 Å². The number of morpholine rings is 1. The maximum Gasteiger partial charge on any atom is 0.279 e. The fraction of sp³-hybridized carbons (Fsp3) is 1.00. The molecule has 0 aromatic carbocycles. The molecule has 1 aliphatic rings. The molecular weight excluding hydrogens is 218 g/mol. The van der Waals surface area contributed by atoms with Crippen molar-refractivity contribution in [2.24, 2.45) is 11.7 Å². The van der Waals surface area contributed by atoms with Gasteiger partial charge in [-0.05, 0) is 12.5 Å². The van der Waals surface area contributed by atoms with E-state index in [9.17, 15) is 8.42 Å². The second kappa shape index (κ2) is 5.76. The SMILES string of the molecule is CC(CN)CNS(=O)(=O)N1CCOCC1. The van der Waals surface area contributed by atoms with E-state index in [-0.39, 0.29) is 5.92 Å². The summed E-state index contributed by atoms with van der Waals surface area (Å²) in [5, 5.41) is 0. The van der Waals surface area contributed by atoms with Crippen LogP contribution in [0.25, 0.3) is 0 Å². The number of rotatable bonds is 5. The summed E-state index contributed by atoms with van der Waals surface area (Å²) in [4.78, 5) is 0. The van der Waals surface area contributed by atoms with Crippen LogP contribution in [0, 0.1) is 5.92 Å². The zero-order valence-corrected chi connectivity index (χ0v) is 9.79. The summed E-state index contributed by atoms with van der Waals surface area (Å²) in [6.07, 6.45) is 0. The number of nitrogens with one attached hydrogen (secondary N) is 1. The van der Waals surface area contributed by atoms with Crippen LogP contribution in [0.5, 0.6) is 0 Å². The minimum absolute atomic E-state index is 0.154. The van der Waals surface area contributed by atoms with Gasteiger partial charge in [-0.15, -0.1) is 0 Å². The molecule has 0 bridgehead atoms. The maximum atomic E-state index is 11.7. The van der Waals surface area contributed by atoms with E-state index >= 15 is 0 Å². The normalized spacial score (nSPS) is 21.5. The van der Waals surface area contributed by atoms with E-state index in [0.29, 0.717) is 39.4 Å². The number of hydrogen-bond acceptors (Lipinski definition) is 4. The van der Waals surface area contributed by atoms with Crippen LogP contribution in [0.4, 0.5) is 0 Å². The highest BCUT2D eigenvalue weighted by molar-refractivity contribution is 7.87. The Balaban J connectivity index is 2.43. The van der Waals surface area contributed by atoms with Gasteiger partial charge < -0.3 is 10.5 Å². The third-order valence-corrected chi connectivity index (χ3v) is 3.90. The summed E-state index contributed by atoms with van der Waals surface area (Å²) < 4.78 is 32.5. The molecule has 6 nitrogen and oxygen atoms in total.